The quantitative estimate of drug-likeness (QED) is 0.817. The molecular weight excluding hydrogens is 244 g/mol. The molecule has 1 aliphatic heterocycles. The molecule has 0 aromatic heterocycles. The molecule has 1 saturated carbocycles. The van der Waals surface area contributed by atoms with Crippen LogP contribution in [0.25, 0.3) is 0 Å². The summed E-state index contributed by atoms with van der Waals surface area (Å²) in [6, 6.07) is 2.36. The van der Waals surface area contributed by atoms with Crippen molar-refractivity contribution in [1.82, 2.24) is 10.2 Å². The summed E-state index contributed by atoms with van der Waals surface area (Å²) in [7, 11) is 0. The van der Waals surface area contributed by atoms with Crippen molar-refractivity contribution < 1.29 is 0 Å². The molecule has 5 atom stereocenters. The fraction of sp³-hybridized carbons (Fsp3) is 1.00. The van der Waals surface area contributed by atoms with Gasteiger partial charge in [0.15, 0.2) is 0 Å². The highest BCUT2D eigenvalue weighted by molar-refractivity contribution is 4.93. The lowest BCUT2D eigenvalue weighted by molar-refractivity contribution is 0.0222. The van der Waals surface area contributed by atoms with E-state index in [1.165, 1.54) is 58.0 Å². The lowest BCUT2D eigenvalue weighted by Gasteiger charge is -2.48. The Hall–Kier alpha value is -0.0800. The van der Waals surface area contributed by atoms with Crippen LogP contribution in [-0.2, 0) is 0 Å². The smallest absolute Gasteiger partial charge is 0.0120 e. The summed E-state index contributed by atoms with van der Waals surface area (Å²) in [5, 5.41) is 3.77. The van der Waals surface area contributed by atoms with Gasteiger partial charge >= 0.3 is 0 Å². The minimum absolute atomic E-state index is 0.742. The summed E-state index contributed by atoms with van der Waals surface area (Å²) in [5.41, 5.74) is 0. The first-order valence-corrected chi connectivity index (χ1v) is 9.16. The average Bonchev–Trinajstić information content (AvgIpc) is 2.49. The van der Waals surface area contributed by atoms with Crippen molar-refractivity contribution in [2.75, 3.05) is 13.1 Å². The summed E-state index contributed by atoms with van der Waals surface area (Å²) >= 11 is 0. The molecule has 0 radical (unpaired) electrons. The highest BCUT2D eigenvalue weighted by Crippen LogP contribution is 2.34. The fourth-order valence-electron chi connectivity index (χ4n) is 4.46. The van der Waals surface area contributed by atoms with E-state index in [1.807, 2.05) is 0 Å². The third-order valence-electron chi connectivity index (χ3n) is 6.08. The van der Waals surface area contributed by atoms with Crippen molar-refractivity contribution in [1.29, 1.82) is 0 Å². The van der Waals surface area contributed by atoms with Gasteiger partial charge in [0, 0.05) is 24.7 Å². The molecule has 1 N–H and O–H groups in total. The zero-order valence-electron chi connectivity index (χ0n) is 14.2. The Morgan fingerprint density at radius 1 is 1.10 bits per heavy atom. The van der Waals surface area contributed by atoms with E-state index in [1.54, 1.807) is 0 Å². The second-order valence-electron chi connectivity index (χ2n) is 7.28. The minimum Gasteiger partial charge on any atom is -0.314 e. The molecule has 0 aromatic rings. The number of piperidine rings is 1. The van der Waals surface area contributed by atoms with Crippen molar-refractivity contribution in [3.63, 3.8) is 0 Å². The highest BCUT2D eigenvalue weighted by atomic mass is 15.2. The lowest BCUT2D eigenvalue weighted by Crippen LogP contribution is -2.57. The molecule has 0 bridgehead atoms. The zero-order chi connectivity index (χ0) is 14.5. The normalized spacial score (nSPS) is 39.9. The molecule has 0 amide bonds. The van der Waals surface area contributed by atoms with Crippen LogP contribution in [0.5, 0.6) is 0 Å². The van der Waals surface area contributed by atoms with E-state index < -0.39 is 0 Å². The van der Waals surface area contributed by atoms with Gasteiger partial charge in [0.25, 0.3) is 0 Å². The monoisotopic (exact) mass is 280 g/mol. The molecule has 1 aliphatic carbocycles. The first-order chi connectivity index (χ1) is 9.67. The Morgan fingerprint density at radius 2 is 1.90 bits per heavy atom. The van der Waals surface area contributed by atoms with Crippen LogP contribution in [0.15, 0.2) is 0 Å². The fourth-order valence-corrected chi connectivity index (χ4v) is 4.46. The molecule has 2 rings (SSSR count). The summed E-state index contributed by atoms with van der Waals surface area (Å²) in [6.07, 6.45) is 9.82. The van der Waals surface area contributed by atoms with Crippen molar-refractivity contribution in [2.24, 2.45) is 11.8 Å². The molecule has 5 unspecified atom stereocenters. The van der Waals surface area contributed by atoms with Gasteiger partial charge in [-0.15, -0.1) is 0 Å². The maximum Gasteiger partial charge on any atom is 0.0120 e. The largest absolute Gasteiger partial charge is 0.314 e. The van der Waals surface area contributed by atoms with Gasteiger partial charge < -0.3 is 5.32 Å². The maximum atomic E-state index is 3.77. The van der Waals surface area contributed by atoms with Gasteiger partial charge in [-0.2, -0.15) is 0 Å². The van der Waals surface area contributed by atoms with Gasteiger partial charge in [-0.1, -0.05) is 40.0 Å². The van der Waals surface area contributed by atoms with Gasteiger partial charge in [0.05, 0.1) is 0 Å². The van der Waals surface area contributed by atoms with E-state index >= 15 is 0 Å². The van der Waals surface area contributed by atoms with Gasteiger partial charge in [-0.25, -0.2) is 0 Å². The molecule has 2 aliphatic rings. The van der Waals surface area contributed by atoms with Crippen molar-refractivity contribution in [3.05, 3.63) is 0 Å². The summed E-state index contributed by atoms with van der Waals surface area (Å²) in [4.78, 5) is 2.86. The molecule has 20 heavy (non-hydrogen) atoms. The number of hydrogen-bond donors (Lipinski definition) is 1. The maximum absolute atomic E-state index is 3.77. The highest BCUT2D eigenvalue weighted by Gasteiger charge is 2.36. The van der Waals surface area contributed by atoms with Gasteiger partial charge in [-0.3, -0.25) is 4.90 Å². The van der Waals surface area contributed by atoms with Gasteiger partial charge in [-0.05, 0) is 51.0 Å². The molecule has 1 heterocycles. The molecular formula is C18H36N2. The third-order valence-corrected chi connectivity index (χ3v) is 6.08. The van der Waals surface area contributed by atoms with Crippen LogP contribution in [0, 0.1) is 11.8 Å². The summed E-state index contributed by atoms with van der Waals surface area (Å²) in [6.45, 7) is 12.1. The topological polar surface area (TPSA) is 15.3 Å². The number of likely N-dealkylation sites (tertiary alicyclic amines) is 1. The predicted octanol–water partition coefficient (Wildman–Crippen LogP) is 4.05. The molecule has 0 aromatic carbocycles. The lowest BCUT2D eigenvalue weighted by atomic mass is 9.79. The van der Waals surface area contributed by atoms with Crippen LogP contribution in [0.1, 0.15) is 72.6 Å². The number of nitrogens with zero attached hydrogens (tertiary/aromatic N) is 1. The molecule has 0 spiro atoms. The van der Waals surface area contributed by atoms with E-state index in [0.717, 1.165) is 30.0 Å². The van der Waals surface area contributed by atoms with E-state index in [4.69, 9.17) is 0 Å². The van der Waals surface area contributed by atoms with E-state index in [9.17, 15) is 0 Å². The van der Waals surface area contributed by atoms with Crippen molar-refractivity contribution >= 4 is 0 Å². The molecule has 2 nitrogen and oxygen atoms in total. The van der Waals surface area contributed by atoms with E-state index in [0.29, 0.717) is 0 Å². The van der Waals surface area contributed by atoms with Crippen molar-refractivity contribution in [3.8, 4) is 0 Å². The second kappa shape index (κ2) is 7.79. The summed E-state index contributed by atoms with van der Waals surface area (Å²) in [5.74, 6) is 1.78. The third kappa shape index (κ3) is 3.76. The Morgan fingerprint density at radius 3 is 2.60 bits per heavy atom. The molecule has 118 valence electrons. The van der Waals surface area contributed by atoms with Crippen LogP contribution in [0.2, 0.25) is 0 Å². The van der Waals surface area contributed by atoms with Gasteiger partial charge in [0.2, 0.25) is 0 Å². The standard InChI is InChI=1S/C18H36N2/c1-5-11-19-18-10-12-20(15(4)14(18)3)17-9-7-8-16(6-2)13-17/h14-19H,5-13H2,1-4H3. The number of rotatable bonds is 5. The number of hydrogen-bond acceptors (Lipinski definition) is 2. The van der Waals surface area contributed by atoms with Crippen LogP contribution in [0.4, 0.5) is 0 Å². The minimum atomic E-state index is 0.742. The molecule has 2 heteroatoms. The van der Waals surface area contributed by atoms with Crippen LogP contribution in [-0.4, -0.2) is 36.1 Å². The SMILES string of the molecule is CCCNC1CCN(C2CCCC(CC)C2)C(C)C1C. The van der Waals surface area contributed by atoms with Crippen LogP contribution >= 0.6 is 0 Å². The number of nitrogens with one attached hydrogen (secondary N) is 1. The van der Waals surface area contributed by atoms with Gasteiger partial charge in [0.1, 0.15) is 0 Å². The van der Waals surface area contributed by atoms with E-state index in [-0.39, 0.29) is 0 Å². The Labute approximate surface area is 126 Å². The van der Waals surface area contributed by atoms with E-state index in [2.05, 4.69) is 37.9 Å². The Kier molecular flexibility index (Phi) is 6.35. The molecule has 2 fully saturated rings. The zero-order valence-corrected chi connectivity index (χ0v) is 14.2. The predicted molar refractivity (Wildman–Crippen MR) is 88.1 cm³/mol. The first-order valence-electron chi connectivity index (χ1n) is 9.16. The van der Waals surface area contributed by atoms with Crippen molar-refractivity contribution in [2.45, 2.75) is 90.8 Å². The van der Waals surface area contributed by atoms with Crippen LogP contribution < -0.4 is 5.32 Å². The molecule has 1 saturated heterocycles. The average molecular weight is 280 g/mol. The first kappa shape index (κ1) is 16.3. The van der Waals surface area contributed by atoms with Crippen LogP contribution in [0.3, 0.4) is 0 Å². The Bertz CT molecular complexity index is 279. The second-order valence-corrected chi connectivity index (χ2v) is 7.28. The summed E-state index contributed by atoms with van der Waals surface area (Å²) < 4.78 is 0. The Balaban J connectivity index is 1.90.